The van der Waals surface area contributed by atoms with E-state index in [9.17, 15) is 9.59 Å². The second-order valence-electron chi connectivity index (χ2n) is 5.97. The SMILES string of the molecule is CCCc1nnc(-c2cc3ccccc3n2C(C(C)=O)C(=O)OCC)o1. The van der Waals surface area contributed by atoms with Crippen molar-refractivity contribution >= 4 is 22.7 Å². The number of ketones is 1. The lowest BCUT2D eigenvalue weighted by atomic mass is 10.2. The zero-order valence-electron chi connectivity index (χ0n) is 15.1. The number of para-hydroxylation sites is 1. The molecule has 0 N–H and O–H groups in total. The van der Waals surface area contributed by atoms with Gasteiger partial charge in [0.2, 0.25) is 5.89 Å². The van der Waals surface area contributed by atoms with Crippen molar-refractivity contribution in [3.63, 3.8) is 0 Å². The van der Waals surface area contributed by atoms with Crippen LogP contribution in [0.4, 0.5) is 0 Å². The summed E-state index contributed by atoms with van der Waals surface area (Å²) in [5.74, 6) is -0.120. The van der Waals surface area contributed by atoms with Crippen LogP contribution >= 0.6 is 0 Å². The summed E-state index contributed by atoms with van der Waals surface area (Å²) in [5, 5.41) is 9.02. The molecule has 0 aliphatic heterocycles. The van der Waals surface area contributed by atoms with Gasteiger partial charge in [0.1, 0.15) is 5.69 Å². The highest BCUT2D eigenvalue weighted by molar-refractivity contribution is 6.02. The summed E-state index contributed by atoms with van der Waals surface area (Å²) in [5.41, 5.74) is 1.25. The summed E-state index contributed by atoms with van der Waals surface area (Å²) in [4.78, 5) is 24.8. The summed E-state index contributed by atoms with van der Waals surface area (Å²) in [6, 6.07) is 8.22. The zero-order valence-corrected chi connectivity index (χ0v) is 15.1. The summed E-state index contributed by atoms with van der Waals surface area (Å²) >= 11 is 0. The molecule has 7 heteroatoms. The second-order valence-corrected chi connectivity index (χ2v) is 5.97. The van der Waals surface area contributed by atoms with Crippen LogP contribution in [0.2, 0.25) is 0 Å². The van der Waals surface area contributed by atoms with Crippen LogP contribution in [0.15, 0.2) is 34.7 Å². The maximum Gasteiger partial charge on any atom is 0.336 e. The topological polar surface area (TPSA) is 87.2 Å². The molecule has 0 bridgehead atoms. The highest BCUT2D eigenvalue weighted by atomic mass is 16.5. The standard InChI is InChI=1S/C19H21N3O4/c1-4-8-16-20-21-18(26-16)15-11-13-9-6-7-10-14(13)22(15)17(12(3)23)19(24)25-5-2/h6-7,9-11,17H,4-5,8H2,1-3H3. The van der Waals surface area contributed by atoms with Crippen molar-refractivity contribution < 1.29 is 18.7 Å². The van der Waals surface area contributed by atoms with Gasteiger partial charge in [-0.3, -0.25) is 4.79 Å². The molecule has 0 saturated carbocycles. The Morgan fingerprint density at radius 1 is 1.23 bits per heavy atom. The second kappa shape index (κ2) is 7.51. The van der Waals surface area contributed by atoms with E-state index in [0.29, 0.717) is 18.0 Å². The lowest BCUT2D eigenvalue weighted by Crippen LogP contribution is -2.28. The Bertz CT molecular complexity index is 941. The van der Waals surface area contributed by atoms with Gasteiger partial charge in [-0.1, -0.05) is 25.1 Å². The lowest BCUT2D eigenvalue weighted by Gasteiger charge is -2.17. The number of aryl methyl sites for hydroxylation is 1. The summed E-state index contributed by atoms with van der Waals surface area (Å²) in [7, 11) is 0. The molecular weight excluding hydrogens is 334 g/mol. The fourth-order valence-electron chi connectivity index (χ4n) is 2.96. The molecule has 7 nitrogen and oxygen atoms in total. The first-order valence-corrected chi connectivity index (χ1v) is 8.66. The van der Waals surface area contributed by atoms with Crippen molar-refractivity contribution in [2.75, 3.05) is 6.61 Å². The van der Waals surface area contributed by atoms with Gasteiger partial charge in [-0.15, -0.1) is 10.2 Å². The van der Waals surface area contributed by atoms with E-state index in [1.54, 1.807) is 11.5 Å². The molecule has 3 rings (SSSR count). The number of hydrogen-bond donors (Lipinski definition) is 0. The largest absolute Gasteiger partial charge is 0.464 e. The minimum atomic E-state index is -1.11. The Labute approximate surface area is 151 Å². The Morgan fingerprint density at radius 3 is 2.69 bits per heavy atom. The molecule has 0 aliphatic carbocycles. The van der Waals surface area contributed by atoms with Crippen LogP contribution in [0.1, 0.15) is 39.1 Å². The van der Waals surface area contributed by atoms with Crippen LogP contribution in [-0.4, -0.2) is 33.1 Å². The number of aromatic nitrogens is 3. The van der Waals surface area contributed by atoms with Crippen LogP contribution in [0, 0.1) is 0 Å². The van der Waals surface area contributed by atoms with Gasteiger partial charge in [0.05, 0.1) is 6.61 Å². The third kappa shape index (κ3) is 3.24. The van der Waals surface area contributed by atoms with E-state index in [2.05, 4.69) is 10.2 Å². The van der Waals surface area contributed by atoms with Crippen molar-refractivity contribution in [3.8, 4) is 11.6 Å². The molecule has 0 aliphatic rings. The minimum Gasteiger partial charge on any atom is -0.464 e. The molecule has 0 saturated heterocycles. The number of benzene rings is 1. The van der Waals surface area contributed by atoms with E-state index in [4.69, 9.17) is 9.15 Å². The Morgan fingerprint density at radius 2 is 2.00 bits per heavy atom. The molecule has 136 valence electrons. The molecule has 26 heavy (non-hydrogen) atoms. The molecule has 2 aromatic heterocycles. The normalized spacial score (nSPS) is 12.3. The maximum absolute atomic E-state index is 12.5. The molecule has 0 fully saturated rings. The first-order valence-electron chi connectivity index (χ1n) is 8.66. The fraction of sp³-hybridized carbons (Fsp3) is 0.368. The first-order chi connectivity index (χ1) is 12.6. The van der Waals surface area contributed by atoms with Gasteiger partial charge in [-0.25, -0.2) is 4.79 Å². The zero-order chi connectivity index (χ0) is 18.7. The van der Waals surface area contributed by atoms with E-state index >= 15 is 0 Å². The van der Waals surface area contributed by atoms with Gasteiger partial charge >= 0.3 is 5.97 Å². The third-order valence-electron chi connectivity index (χ3n) is 4.05. The van der Waals surface area contributed by atoms with Gasteiger partial charge < -0.3 is 13.7 Å². The molecule has 0 amide bonds. The number of esters is 1. The summed E-state index contributed by atoms with van der Waals surface area (Å²) in [6.45, 7) is 5.29. The number of rotatable bonds is 7. The van der Waals surface area contributed by atoms with E-state index in [1.165, 1.54) is 6.92 Å². The minimum absolute atomic E-state index is 0.193. The highest BCUT2D eigenvalue weighted by Crippen LogP contribution is 2.32. The van der Waals surface area contributed by atoms with Gasteiger partial charge in [0, 0.05) is 17.3 Å². The molecule has 3 aromatic rings. The van der Waals surface area contributed by atoms with Crippen LogP contribution in [0.25, 0.3) is 22.5 Å². The number of nitrogens with zero attached hydrogens (tertiary/aromatic N) is 3. The van der Waals surface area contributed by atoms with Crippen LogP contribution in [0.3, 0.4) is 0 Å². The van der Waals surface area contributed by atoms with E-state index < -0.39 is 12.0 Å². The van der Waals surface area contributed by atoms with E-state index in [0.717, 1.165) is 17.3 Å². The molecule has 0 radical (unpaired) electrons. The van der Waals surface area contributed by atoms with E-state index in [1.807, 2.05) is 37.3 Å². The van der Waals surface area contributed by atoms with Crippen molar-refractivity contribution in [1.82, 2.24) is 14.8 Å². The van der Waals surface area contributed by atoms with Gasteiger partial charge in [-0.05, 0) is 32.4 Å². The van der Waals surface area contributed by atoms with Crippen LogP contribution in [-0.2, 0) is 20.7 Å². The van der Waals surface area contributed by atoms with E-state index in [-0.39, 0.29) is 18.3 Å². The molecule has 1 atom stereocenters. The van der Waals surface area contributed by atoms with Crippen molar-refractivity contribution in [2.24, 2.45) is 0 Å². The van der Waals surface area contributed by atoms with Crippen molar-refractivity contribution in [3.05, 3.63) is 36.2 Å². The number of fused-ring (bicyclic) bond motifs is 1. The Balaban J connectivity index is 2.21. The van der Waals surface area contributed by atoms with Crippen molar-refractivity contribution in [2.45, 2.75) is 39.7 Å². The molecule has 1 unspecified atom stereocenters. The maximum atomic E-state index is 12.5. The first kappa shape index (κ1) is 17.8. The predicted octanol–water partition coefficient (Wildman–Crippen LogP) is 3.34. The Kier molecular flexibility index (Phi) is 5.16. The average Bonchev–Trinajstić information content (AvgIpc) is 3.20. The molecular formula is C19H21N3O4. The third-order valence-corrected chi connectivity index (χ3v) is 4.05. The molecule has 2 heterocycles. The lowest BCUT2D eigenvalue weighted by molar-refractivity contribution is -0.149. The number of ether oxygens (including phenoxy) is 1. The van der Waals surface area contributed by atoms with Crippen molar-refractivity contribution in [1.29, 1.82) is 0 Å². The summed E-state index contributed by atoms with van der Waals surface area (Å²) in [6.07, 6.45) is 1.55. The fourth-order valence-corrected chi connectivity index (χ4v) is 2.96. The average molecular weight is 355 g/mol. The highest BCUT2D eigenvalue weighted by Gasteiger charge is 2.31. The number of Topliss-reactive ketones (excluding diaryl/α,β-unsaturated/α-hetero) is 1. The van der Waals surface area contributed by atoms with Crippen LogP contribution < -0.4 is 0 Å². The number of carbonyl (C=O) groups excluding carboxylic acids is 2. The Hall–Kier alpha value is -2.96. The summed E-state index contributed by atoms with van der Waals surface area (Å²) < 4.78 is 12.5. The van der Waals surface area contributed by atoms with Crippen LogP contribution in [0.5, 0.6) is 0 Å². The number of carbonyl (C=O) groups is 2. The predicted molar refractivity (Wildman–Crippen MR) is 95.6 cm³/mol. The smallest absolute Gasteiger partial charge is 0.336 e. The van der Waals surface area contributed by atoms with Gasteiger partial charge in [0.15, 0.2) is 11.8 Å². The van der Waals surface area contributed by atoms with Gasteiger partial charge in [-0.2, -0.15) is 0 Å². The molecule has 1 aromatic carbocycles. The quantitative estimate of drug-likeness (QED) is 0.477. The monoisotopic (exact) mass is 355 g/mol. The molecule has 0 spiro atoms. The van der Waals surface area contributed by atoms with Gasteiger partial charge in [0.25, 0.3) is 5.89 Å². The number of hydrogen-bond acceptors (Lipinski definition) is 6.